The van der Waals surface area contributed by atoms with Crippen LogP contribution in [0.15, 0.2) is 23.6 Å². The lowest BCUT2D eigenvalue weighted by atomic mass is 10.0. The Labute approximate surface area is 122 Å². The van der Waals surface area contributed by atoms with Crippen LogP contribution in [0.2, 0.25) is 0 Å². The van der Waals surface area contributed by atoms with Crippen LogP contribution in [0, 0.1) is 6.92 Å². The number of fused-ring (bicyclic) bond motifs is 1. The van der Waals surface area contributed by atoms with E-state index in [0.717, 1.165) is 35.9 Å². The number of aromatic nitrogens is 1. The molecule has 2 aromatic rings. The number of carbonyl (C=O) groups excluding carboxylic acids is 1. The maximum atomic E-state index is 12.0. The number of hydrogen-bond donors (Lipinski definition) is 0. The summed E-state index contributed by atoms with van der Waals surface area (Å²) >= 11 is 1.57. The van der Waals surface area contributed by atoms with E-state index in [1.807, 2.05) is 18.4 Å². The average Bonchev–Trinajstić information content (AvgIpc) is 3.04. The standard InChI is InChI=1S/C16H17NO2S/c1-11-10-20-16(17-11)9-14(18)4-2-12-3-5-15-13(8-12)6-7-19-15/h3,5,8,10H,2,4,6-7,9H2,1H3. The number of benzene rings is 1. The minimum Gasteiger partial charge on any atom is -0.493 e. The Balaban J connectivity index is 1.55. The maximum absolute atomic E-state index is 12.0. The normalized spacial score (nSPS) is 13.1. The van der Waals surface area contributed by atoms with Crippen LogP contribution in [-0.4, -0.2) is 17.4 Å². The number of hydrogen-bond acceptors (Lipinski definition) is 4. The summed E-state index contributed by atoms with van der Waals surface area (Å²) in [5.74, 6) is 1.26. The topological polar surface area (TPSA) is 39.2 Å². The molecule has 0 spiro atoms. The molecule has 0 saturated carbocycles. The van der Waals surface area contributed by atoms with Crippen LogP contribution in [-0.2, 0) is 24.1 Å². The van der Waals surface area contributed by atoms with E-state index >= 15 is 0 Å². The second kappa shape index (κ2) is 5.75. The molecule has 0 amide bonds. The van der Waals surface area contributed by atoms with Gasteiger partial charge in [0.25, 0.3) is 0 Å². The summed E-state index contributed by atoms with van der Waals surface area (Å²) in [6.45, 7) is 2.73. The smallest absolute Gasteiger partial charge is 0.140 e. The Morgan fingerprint density at radius 2 is 2.35 bits per heavy atom. The van der Waals surface area contributed by atoms with E-state index in [-0.39, 0.29) is 5.78 Å². The van der Waals surface area contributed by atoms with Crippen molar-refractivity contribution < 1.29 is 9.53 Å². The van der Waals surface area contributed by atoms with Gasteiger partial charge in [-0.25, -0.2) is 4.98 Å². The van der Waals surface area contributed by atoms with Crippen molar-refractivity contribution in [3.8, 4) is 5.75 Å². The van der Waals surface area contributed by atoms with Gasteiger partial charge in [-0.05, 0) is 30.5 Å². The minimum atomic E-state index is 0.260. The summed E-state index contributed by atoms with van der Waals surface area (Å²) in [5.41, 5.74) is 3.49. The van der Waals surface area contributed by atoms with Gasteiger partial charge >= 0.3 is 0 Å². The average molecular weight is 287 g/mol. The summed E-state index contributed by atoms with van der Waals surface area (Å²) in [4.78, 5) is 16.3. The van der Waals surface area contributed by atoms with E-state index in [1.54, 1.807) is 11.3 Å². The number of carbonyl (C=O) groups is 1. The Kier molecular flexibility index (Phi) is 3.83. The van der Waals surface area contributed by atoms with Crippen LogP contribution in [0.5, 0.6) is 5.75 Å². The predicted molar refractivity (Wildman–Crippen MR) is 79.5 cm³/mol. The van der Waals surface area contributed by atoms with Crippen LogP contribution >= 0.6 is 11.3 Å². The zero-order valence-corrected chi connectivity index (χ0v) is 12.3. The summed E-state index contributed by atoms with van der Waals surface area (Å²) in [6, 6.07) is 6.25. The Morgan fingerprint density at radius 3 is 3.15 bits per heavy atom. The molecule has 0 unspecified atom stereocenters. The van der Waals surface area contributed by atoms with E-state index in [4.69, 9.17) is 4.74 Å². The fourth-order valence-corrected chi connectivity index (χ4v) is 3.22. The summed E-state index contributed by atoms with van der Waals surface area (Å²) < 4.78 is 5.49. The number of rotatable bonds is 5. The van der Waals surface area contributed by atoms with Crippen molar-refractivity contribution in [2.75, 3.05) is 6.61 Å². The summed E-state index contributed by atoms with van der Waals surface area (Å²) in [6.07, 6.45) is 2.83. The number of aryl methyl sites for hydroxylation is 2. The fraction of sp³-hybridized carbons (Fsp3) is 0.375. The van der Waals surface area contributed by atoms with Gasteiger partial charge in [-0.3, -0.25) is 4.79 Å². The van der Waals surface area contributed by atoms with E-state index in [0.29, 0.717) is 12.8 Å². The van der Waals surface area contributed by atoms with Gasteiger partial charge < -0.3 is 4.74 Å². The molecule has 0 N–H and O–H groups in total. The number of ketones is 1. The predicted octanol–water partition coefficient (Wildman–Crippen LogP) is 3.13. The molecule has 3 nitrogen and oxygen atoms in total. The first-order chi connectivity index (χ1) is 9.70. The first-order valence-corrected chi connectivity index (χ1v) is 7.76. The van der Waals surface area contributed by atoms with E-state index in [1.165, 1.54) is 11.1 Å². The molecule has 2 heterocycles. The quantitative estimate of drug-likeness (QED) is 0.848. The molecule has 1 aliphatic heterocycles. The Bertz CT molecular complexity index is 633. The van der Waals surface area contributed by atoms with Crippen molar-refractivity contribution in [2.45, 2.75) is 32.6 Å². The maximum Gasteiger partial charge on any atom is 0.140 e. The highest BCUT2D eigenvalue weighted by atomic mass is 32.1. The highest BCUT2D eigenvalue weighted by Crippen LogP contribution is 2.26. The number of Topliss-reactive ketones (excluding diaryl/α,β-unsaturated/α-hetero) is 1. The molecule has 0 atom stereocenters. The first-order valence-electron chi connectivity index (χ1n) is 6.88. The zero-order valence-electron chi connectivity index (χ0n) is 11.5. The third kappa shape index (κ3) is 3.07. The van der Waals surface area contributed by atoms with Gasteiger partial charge in [0.15, 0.2) is 0 Å². The van der Waals surface area contributed by atoms with Crippen LogP contribution in [0.3, 0.4) is 0 Å². The molecule has 0 bridgehead atoms. The van der Waals surface area contributed by atoms with Crippen molar-refractivity contribution >= 4 is 17.1 Å². The van der Waals surface area contributed by atoms with Crippen molar-refractivity contribution in [3.63, 3.8) is 0 Å². The molecule has 0 saturated heterocycles. The van der Waals surface area contributed by atoms with Gasteiger partial charge in [0.1, 0.15) is 16.5 Å². The van der Waals surface area contributed by atoms with Gasteiger partial charge in [0, 0.05) is 23.9 Å². The molecule has 1 aromatic carbocycles. The lowest BCUT2D eigenvalue weighted by molar-refractivity contribution is -0.118. The van der Waals surface area contributed by atoms with Gasteiger partial charge in [-0.2, -0.15) is 0 Å². The third-order valence-electron chi connectivity index (χ3n) is 3.46. The third-order valence-corrected chi connectivity index (χ3v) is 4.43. The van der Waals surface area contributed by atoms with E-state index in [9.17, 15) is 4.79 Å². The molecule has 3 rings (SSSR count). The minimum absolute atomic E-state index is 0.260. The molecule has 0 fully saturated rings. The van der Waals surface area contributed by atoms with Crippen molar-refractivity contribution in [1.82, 2.24) is 4.98 Å². The van der Waals surface area contributed by atoms with Crippen molar-refractivity contribution in [1.29, 1.82) is 0 Å². The van der Waals surface area contributed by atoms with Crippen LogP contribution < -0.4 is 4.74 Å². The van der Waals surface area contributed by atoms with Gasteiger partial charge in [-0.1, -0.05) is 12.1 Å². The molecule has 1 aliphatic rings. The molecule has 4 heteroatoms. The second-order valence-electron chi connectivity index (χ2n) is 5.14. The number of ether oxygens (including phenoxy) is 1. The summed E-state index contributed by atoms with van der Waals surface area (Å²) in [5, 5.41) is 2.91. The highest BCUT2D eigenvalue weighted by molar-refractivity contribution is 7.09. The highest BCUT2D eigenvalue weighted by Gasteiger charge is 2.13. The van der Waals surface area contributed by atoms with E-state index < -0.39 is 0 Å². The Hall–Kier alpha value is -1.68. The lowest BCUT2D eigenvalue weighted by Crippen LogP contribution is -2.04. The van der Waals surface area contributed by atoms with Crippen LogP contribution in [0.1, 0.15) is 28.2 Å². The van der Waals surface area contributed by atoms with E-state index in [2.05, 4.69) is 17.1 Å². The summed E-state index contributed by atoms with van der Waals surface area (Å²) in [7, 11) is 0. The van der Waals surface area contributed by atoms with Crippen LogP contribution in [0.4, 0.5) is 0 Å². The Morgan fingerprint density at radius 1 is 1.45 bits per heavy atom. The second-order valence-corrected chi connectivity index (χ2v) is 6.08. The number of nitrogens with zero attached hydrogens (tertiary/aromatic N) is 1. The van der Waals surface area contributed by atoms with Crippen molar-refractivity contribution in [3.05, 3.63) is 45.4 Å². The zero-order chi connectivity index (χ0) is 13.9. The number of thiazole rings is 1. The van der Waals surface area contributed by atoms with Crippen molar-refractivity contribution in [2.24, 2.45) is 0 Å². The monoisotopic (exact) mass is 287 g/mol. The van der Waals surface area contributed by atoms with Gasteiger partial charge in [0.05, 0.1) is 13.0 Å². The lowest BCUT2D eigenvalue weighted by Gasteiger charge is -2.03. The molecule has 0 radical (unpaired) electrons. The molecule has 20 heavy (non-hydrogen) atoms. The van der Waals surface area contributed by atoms with Gasteiger partial charge in [-0.15, -0.1) is 11.3 Å². The van der Waals surface area contributed by atoms with Crippen LogP contribution in [0.25, 0.3) is 0 Å². The largest absolute Gasteiger partial charge is 0.493 e. The fourth-order valence-electron chi connectivity index (χ4n) is 2.42. The molecular formula is C16H17NO2S. The SMILES string of the molecule is Cc1csc(CC(=O)CCc2ccc3c(c2)CCO3)n1. The van der Waals surface area contributed by atoms with Gasteiger partial charge in [0.2, 0.25) is 0 Å². The molecule has 1 aromatic heterocycles. The first kappa shape index (κ1) is 13.3. The molecule has 104 valence electrons. The molecular weight excluding hydrogens is 270 g/mol. The molecule has 0 aliphatic carbocycles.